The third-order valence-corrected chi connectivity index (χ3v) is 20.4. The van der Waals surface area contributed by atoms with Crippen molar-refractivity contribution >= 4 is 117 Å². The van der Waals surface area contributed by atoms with Crippen molar-refractivity contribution in [1.29, 1.82) is 0 Å². The molecule has 17 rings (SSSR count). The Hall–Kier alpha value is -10.4. The molecular weight excluding hydrogens is 1270 g/mol. The van der Waals surface area contributed by atoms with Crippen molar-refractivity contribution < 1.29 is 56.0 Å². The Morgan fingerprint density at radius 2 is 0.462 bits per heavy atom. The Morgan fingerprint density at radius 1 is 0.258 bits per heavy atom. The van der Waals surface area contributed by atoms with Crippen LogP contribution in [0.2, 0.25) is 0 Å². The summed E-state index contributed by atoms with van der Waals surface area (Å²) in [6.07, 6.45) is 0. The van der Waals surface area contributed by atoms with Gasteiger partial charge in [-0.3, -0.25) is 13.7 Å². The van der Waals surface area contributed by atoms with Crippen LogP contribution in [0, 0.1) is 0 Å². The zero-order chi connectivity index (χ0) is 62.5. The third-order valence-electron chi connectivity index (χ3n) is 17.8. The average molecular weight is 1320 g/mol. The molecule has 3 N–H and O–H groups in total. The van der Waals surface area contributed by atoms with Gasteiger partial charge in [-0.2, -0.15) is 25.3 Å². The van der Waals surface area contributed by atoms with E-state index in [-0.39, 0.29) is 31.8 Å². The summed E-state index contributed by atoms with van der Waals surface area (Å²) in [6.45, 7) is 0. The van der Waals surface area contributed by atoms with Crippen molar-refractivity contribution in [2.45, 2.75) is 14.7 Å². The first-order valence-corrected chi connectivity index (χ1v) is 33.6. The molecule has 451 valence electrons. The molecule has 0 unspecified atom stereocenters. The third kappa shape index (κ3) is 9.47. The predicted octanol–water partition coefficient (Wildman–Crippen LogP) is 17.6. The first-order chi connectivity index (χ1) is 44.5. The fraction of sp³-hybridized carbons (Fsp3) is 0. The van der Waals surface area contributed by atoms with Gasteiger partial charge in [0.2, 0.25) is 0 Å². The van der Waals surface area contributed by atoms with E-state index in [2.05, 4.69) is 60.7 Å². The van der Waals surface area contributed by atoms with Gasteiger partial charge < -0.3 is 9.97 Å². The number of nitrogens with zero attached hydrogens (tertiary/aromatic N) is 4. The molecule has 17 heteroatoms. The van der Waals surface area contributed by atoms with Crippen molar-refractivity contribution in [1.82, 2.24) is 19.9 Å². The molecule has 14 aromatic rings. The van der Waals surface area contributed by atoms with Crippen molar-refractivity contribution in [3.05, 3.63) is 249 Å². The van der Waals surface area contributed by atoms with Gasteiger partial charge in [0.1, 0.15) is 0 Å². The predicted molar refractivity (Wildman–Crippen MR) is 364 cm³/mol. The van der Waals surface area contributed by atoms with Crippen LogP contribution < -0.4 is 9.97 Å². The zero-order valence-corrected chi connectivity index (χ0v) is 51.7. The SMILES string of the molecule is O=S(=O)(O)c1ccc(-c2c3nc(c(-c4ccc(S(=O)(=O)O)cc4)c4[n-]c(c(-c5ccc(S(=O)(=O)O)cc5)c5nc(c(-c6ccccc6)c6[n-]c2c2cc7ccccc7cc62)-c2cc6ccccc6cc2-5)c2cc5ccccc5cc42)-c2cc4ccccc4cc2-3)cc1.[Cu+2]. The Bertz CT molecular complexity index is 6250. The smallest absolute Gasteiger partial charge is 0.656 e. The molecule has 0 fully saturated rings. The van der Waals surface area contributed by atoms with Gasteiger partial charge in [-0.05, 0) is 194 Å². The molecule has 3 aliphatic rings. The summed E-state index contributed by atoms with van der Waals surface area (Å²) in [6, 6.07) is 76.6. The van der Waals surface area contributed by atoms with E-state index in [4.69, 9.17) is 19.9 Å². The van der Waals surface area contributed by atoms with E-state index >= 15 is 0 Å². The number of aromatic nitrogens is 4. The minimum absolute atomic E-state index is 0. The Labute approximate surface area is 542 Å². The number of hydrogen-bond donors (Lipinski definition) is 3. The van der Waals surface area contributed by atoms with E-state index in [9.17, 15) is 38.9 Å². The number of benzene rings is 12. The minimum Gasteiger partial charge on any atom is -0.656 e. The summed E-state index contributed by atoms with van der Waals surface area (Å²) in [7, 11) is -14.0. The second-order valence-corrected chi connectivity index (χ2v) is 27.3. The second kappa shape index (κ2) is 21.3. The van der Waals surface area contributed by atoms with Crippen LogP contribution in [0.15, 0.2) is 263 Å². The summed E-state index contributed by atoms with van der Waals surface area (Å²) >= 11 is 0. The van der Waals surface area contributed by atoms with Crippen molar-refractivity contribution in [2.24, 2.45) is 0 Å². The molecule has 4 heterocycles. The number of rotatable bonds is 7. The van der Waals surface area contributed by atoms with Crippen LogP contribution in [0.1, 0.15) is 0 Å². The largest absolute Gasteiger partial charge is 2.00 e. The maximum atomic E-state index is 12.9. The fourth-order valence-corrected chi connectivity index (χ4v) is 15.0. The van der Waals surface area contributed by atoms with Gasteiger partial charge in [-0.25, -0.2) is 9.97 Å². The molecule has 0 saturated carbocycles. The van der Waals surface area contributed by atoms with Gasteiger partial charge in [0.15, 0.2) is 0 Å². The molecule has 13 nitrogen and oxygen atoms in total. The first kappa shape index (κ1) is 57.7. The normalized spacial score (nSPS) is 12.4. The van der Waals surface area contributed by atoms with Gasteiger partial charge in [0.25, 0.3) is 30.4 Å². The van der Waals surface area contributed by atoms with Gasteiger partial charge >= 0.3 is 17.1 Å². The molecule has 0 spiro atoms. The Kier molecular flexibility index (Phi) is 13.2. The molecule has 8 bridgehead atoms. The van der Waals surface area contributed by atoms with E-state index in [1.165, 1.54) is 36.4 Å². The molecule has 0 saturated heterocycles. The molecule has 0 amide bonds. The average Bonchev–Trinajstić information content (AvgIpc) is 1.56. The van der Waals surface area contributed by atoms with Crippen LogP contribution >= 0.6 is 0 Å². The van der Waals surface area contributed by atoms with E-state index in [1.54, 1.807) is 36.4 Å². The van der Waals surface area contributed by atoms with Crippen LogP contribution in [-0.4, -0.2) is 48.9 Å². The van der Waals surface area contributed by atoms with E-state index in [1.807, 2.05) is 115 Å². The quantitative estimate of drug-likeness (QED) is 0.100. The molecular formula is C76H44CuN4O9S3. The first-order valence-electron chi connectivity index (χ1n) is 29.3. The Morgan fingerprint density at radius 3 is 0.688 bits per heavy atom. The summed E-state index contributed by atoms with van der Waals surface area (Å²) in [5.41, 5.74) is 11.0. The molecule has 12 aromatic carbocycles. The molecule has 1 radical (unpaired) electrons. The van der Waals surface area contributed by atoms with Crippen molar-refractivity contribution in [3.8, 4) is 89.5 Å². The van der Waals surface area contributed by atoms with E-state index in [0.29, 0.717) is 106 Å². The molecule has 1 aliphatic carbocycles. The zero-order valence-electron chi connectivity index (χ0n) is 48.3. The monoisotopic (exact) mass is 1320 g/mol. The van der Waals surface area contributed by atoms with Crippen molar-refractivity contribution in [2.75, 3.05) is 0 Å². The van der Waals surface area contributed by atoms with Gasteiger partial charge in [-0.1, -0.05) is 164 Å². The summed E-state index contributed by atoms with van der Waals surface area (Å²) in [5.74, 6) is 0. The van der Waals surface area contributed by atoms with Crippen LogP contribution in [-0.2, 0) is 47.4 Å². The Balaban J connectivity index is 0.00000686. The van der Waals surface area contributed by atoms with Crippen LogP contribution in [0.4, 0.5) is 0 Å². The topological polar surface area (TPSA) is 217 Å². The van der Waals surface area contributed by atoms with E-state index < -0.39 is 30.4 Å². The maximum absolute atomic E-state index is 12.9. The van der Waals surface area contributed by atoms with Crippen LogP contribution in [0.5, 0.6) is 0 Å². The summed E-state index contributed by atoms with van der Waals surface area (Å²) in [5, 5.41) is 9.96. The summed E-state index contributed by atoms with van der Waals surface area (Å²) in [4.78, 5) is 22.6. The minimum atomic E-state index is -4.70. The van der Waals surface area contributed by atoms with Crippen LogP contribution in [0.25, 0.3) is 176 Å². The molecule has 0 atom stereocenters. The fourth-order valence-electron chi connectivity index (χ4n) is 13.5. The molecule has 93 heavy (non-hydrogen) atoms. The van der Waals surface area contributed by atoms with Crippen LogP contribution in [0.3, 0.4) is 0 Å². The maximum Gasteiger partial charge on any atom is 2.00 e. The summed E-state index contributed by atoms with van der Waals surface area (Å²) < 4.78 is 109. The molecule has 2 aliphatic heterocycles. The van der Waals surface area contributed by atoms with Gasteiger partial charge in [-0.15, -0.1) is 22.1 Å². The standard InChI is InChI=1S/C76H44N4O9S3.Cu/c81-90(82,83)54-28-22-43(23-29-54)66-71-59-36-48-16-6-4-14-46(48)34-57(59)69(77-71)65(42-12-2-1-3-13-42)70-58-35-47-15-5-7-17-49(47)37-60(58)72(78-70)67(44-24-30-55(31-25-44)91(84,85)86)74-62-39-51-19-9-11-21-53(51)41-64(62)76(80-74)68(45-26-32-56(33-27-45)92(87,88)89)75-63-40-52-20-10-8-18-50(52)38-61(63)73(66)79-75;/h1-41H,(H,81,82,83)(H,84,85,86)(H,87,88,89);/q-2;+2. The molecule has 2 aromatic heterocycles. The van der Waals surface area contributed by atoms with Gasteiger partial charge in [0.05, 0.1) is 37.5 Å². The number of hydrogen-bond acceptors (Lipinski definition) is 8. The van der Waals surface area contributed by atoms with Crippen molar-refractivity contribution in [3.63, 3.8) is 0 Å². The second-order valence-electron chi connectivity index (χ2n) is 23.1. The van der Waals surface area contributed by atoms with E-state index in [0.717, 1.165) is 70.6 Å². The van der Waals surface area contributed by atoms with Gasteiger partial charge in [0, 0.05) is 22.3 Å². The number of fused-ring (bicyclic) bond motifs is 4.